The number of hydrogen-bond acceptors (Lipinski definition) is 9. The molecule has 0 aliphatic carbocycles. The van der Waals surface area contributed by atoms with Gasteiger partial charge in [0.2, 0.25) is 0 Å². The zero-order valence-corrected chi connectivity index (χ0v) is 20.8. The van der Waals surface area contributed by atoms with E-state index in [4.69, 9.17) is 0 Å². The lowest BCUT2D eigenvalue weighted by Crippen LogP contribution is -2.47. The van der Waals surface area contributed by atoms with Gasteiger partial charge in [0.1, 0.15) is 11.4 Å². The van der Waals surface area contributed by atoms with Crippen molar-refractivity contribution < 1.29 is 14.6 Å². The number of nitro benzene ring substituents is 2. The minimum absolute atomic E-state index is 0.130. The normalized spacial score (nSPS) is 17.3. The summed E-state index contributed by atoms with van der Waals surface area (Å²) in [4.78, 5) is 45.4. The summed E-state index contributed by atoms with van der Waals surface area (Å²) in [5, 5.41) is 23.9. The highest BCUT2D eigenvalue weighted by Gasteiger charge is 2.33. The molecule has 2 aromatic carbocycles. The Morgan fingerprint density at radius 1 is 0.694 bits per heavy atom. The molecule has 0 bridgehead atoms. The number of nitrogens with zero attached hydrogens (tertiary/aromatic N) is 6. The summed E-state index contributed by atoms with van der Waals surface area (Å²) in [5.74, 6) is -0.441. The van der Waals surface area contributed by atoms with E-state index in [9.17, 15) is 25.0 Å². The predicted molar refractivity (Wildman–Crippen MR) is 138 cm³/mol. The van der Waals surface area contributed by atoms with Crippen molar-refractivity contribution in [1.82, 2.24) is 9.80 Å². The third kappa shape index (κ3) is 5.02. The summed E-state index contributed by atoms with van der Waals surface area (Å²) in [6.07, 6.45) is 0. The van der Waals surface area contributed by atoms with Crippen LogP contribution in [0.1, 0.15) is 29.8 Å². The van der Waals surface area contributed by atoms with Crippen molar-refractivity contribution in [2.45, 2.75) is 13.8 Å². The van der Waals surface area contributed by atoms with Crippen molar-refractivity contribution in [3.8, 4) is 0 Å². The molecule has 2 aromatic rings. The van der Waals surface area contributed by atoms with Gasteiger partial charge in [-0.25, -0.2) is 0 Å². The maximum absolute atomic E-state index is 14.0. The number of carbonyl (C=O) groups is 1. The second-order valence-electron chi connectivity index (χ2n) is 9.03. The molecule has 0 radical (unpaired) electrons. The molecule has 0 spiro atoms. The third-order valence-electron chi connectivity index (χ3n) is 7.18. The highest BCUT2D eigenvalue weighted by molar-refractivity contribution is 6.17. The molecular formula is C25H32N6O5. The SMILES string of the molecule is CCN1CCN(c2c(C(=O)c3cccc([N+](=O)[O-])c3N3CCN(CC)CC3)cccc2[N+](=O)[O-])CC1. The zero-order chi connectivity index (χ0) is 25.8. The number of likely N-dealkylation sites (N-methyl/N-ethyl adjacent to an activating group) is 2. The quantitative estimate of drug-likeness (QED) is 0.309. The van der Waals surface area contributed by atoms with E-state index in [0.717, 1.165) is 39.3 Å². The molecule has 2 aliphatic rings. The van der Waals surface area contributed by atoms with E-state index in [2.05, 4.69) is 23.6 Å². The summed E-state index contributed by atoms with van der Waals surface area (Å²) >= 11 is 0. The second-order valence-corrected chi connectivity index (χ2v) is 9.03. The van der Waals surface area contributed by atoms with Gasteiger partial charge in [0.15, 0.2) is 5.78 Å². The maximum atomic E-state index is 14.0. The van der Waals surface area contributed by atoms with Crippen LogP contribution in [0.3, 0.4) is 0 Å². The first-order valence-electron chi connectivity index (χ1n) is 12.4. The number of ketones is 1. The van der Waals surface area contributed by atoms with Crippen LogP contribution in [0.4, 0.5) is 22.7 Å². The Labute approximate surface area is 210 Å². The van der Waals surface area contributed by atoms with E-state index in [1.54, 1.807) is 12.1 Å². The molecule has 0 amide bonds. The molecule has 192 valence electrons. The Bertz CT molecular complexity index is 1050. The Morgan fingerprint density at radius 3 is 1.36 bits per heavy atom. The van der Waals surface area contributed by atoms with Gasteiger partial charge in [0.05, 0.1) is 21.0 Å². The summed E-state index contributed by atoms with van der Waals surface area (Å²) in [6.45, 7) is 11.1. The lowest BCUT2D eigenvalue weighted by Gasteiger charge is -2.36. The van der Waals surface area contributed by atoms with Crippen LogP contribution >= 0.6 is 0 Å². The first-order chi connectivity index (χ1) is 17.3. The van der Waals surface area contributed by atoms with Crippen molar-refractivity contribution in [2.75, 3.05) is 75.2 Å². The third-order valence-corrected chi connectivity index (χ3v) is 7.18. The molecule has 2 heterocycles. The molecule has 2 aliphatic heterocycles. The average Bonchev–Trinajstić information content (AvgIpc) is 2.91. The number of hydrogen-bond donors (Lipinski definition) is 0. The van der Waals surface area contributed by atoms with E-state index < -0.39 is 15.6 Å². The summed E-state index contributed by atoms with van der Waals surface area (Å²) in [5.41, 5.74) is 0.711. The van der Waals surface area contributed by atoms with Gasteiger partial charge >= 0.3 is 0 Å². The smallest absolute Gasteiger partial charge is 0.293 e. The first-order valence-corrected chi connectivity index (χ1v) is 12.4. The van der Waals surface area contributed by atoms with Gasteiger partial charge in [-0.15, -0.1) is 0 Å². The average molecular weight is 497 g/mol. The number of para-hydroxylation sites is 2. The number of anilines is 2. The fourth-order valence-electron chi connectivity index (χ4n) is 5.11. The zero-order valence-electron chi connectivity index (χ0n) is 20.8. The highest BCUT2D eigenvalue weighted by atomic mass is 16.6. The molecule has 0 aromatic heterocycles. The molecule has 0 saturated carbocycles. The molecule has 11 nitrogen and oxygen atoms in total. The molecule has 4 rings (SSSR count). The van der Waals surface area contributed by atoms with Crippen molar-refractivity contribution in [1.29, 1.82) is 0 Å². The number of carbonyl (C=O) groups excluding carboxylic acids is 1. The Kier molecular flexibility index (Phi) is 7.80. The van der Waals surface area contributed by atoms with E-state index in [-0.39, 0.29) is 33.9 Å². The van der Waals surface area contributed by atoms with E-state index in [1.165, 1.54) is 24.3 Å². The van der Waals surface area contributed by atoms with Crippen LogP contribution in [0.2, 0.25) is 0 Å². The summed E-state index contributed by atoms with van der Waals surface area (Å²) in [6, 6.07) is 9.03. The van der Waals surface area contributed by atoms with Crippen LogP contribution in [0, 0.1) is 20.2 Å². The Balaban J connectivity index is 1.79. The van der Waals surface area contributed by atoms with Crippen molar-refractivity contribution >= 4 is 28.5 Å². The van der Waals surface area contributed by atoms with E-state index in [0.29, 0.717) is 26.2 Å². The van der Waals surface area contributed by atoms with Crippen LogP contribution in [0.25, 0.3) is 0 Å². The highest BCUT2D eigenvalue weighted by Crippen LogP contribution is 2.38. The predicted octanol–water partition coefficient (Wildman–Crippen LogP) is 3.02. The lowest BCUT2D eigenvalue weighted by atomic mass is 9.96. The van der Waals surface area contributed by atoms with Crippen molar-refractivity contribution in [2.24, 2.45) is 0 Å². The number of piperazine rings is 2. The van der Waals surface area contributed by atoms with E-state index >= 15 is 0 Å². The van der Waals surface area contributed by atoms with Gasteiger partial charge in [-0.1, -0.05) is 26.0 Å². The lowest BCUT2D eigenvalue weighted by molar-refractivity contribution is -0.384. The second kappa shape index (κ2) is 11.0. The van der Waals surface area contributed by atoms with Gasteiger partial charge in [-0.05, 0) is 25.2 Å². The summed E-state index contributed by atoms with van der Waals surface area (Å²) < 4.78 is 0. The van der Waals surface area contributed by atoms with Gasteiger partial charge in [0, 0.05) is 64.5 Å². The van der Waals surface area contributed by atoms with E-state index in [1.807, 2.05) is 9.80 Å². The van der Waals surface area contributed by atoms with Crippen LogP contribution in [-0.4, -0.2) is 90.9 Å². The fourth-order valence-corrected chi connectivity index (χ4v) is 5.11. The molecule has 36 heavy (non-hydrogen) atoms. The van der Waals surface area contributed by atoms with Crippen molar-refractivity contribution in [3.05, 3.63) is 67.8 Å². The number of benzene rings is 2. The monoisotopic (exact) mass is 496 g/mol. The standard InChI is InChI=1S/C25H32N6O5/c1-3-26-11-15-28(16-12-26)23-19(7-5-9-21(23)30(33)34)25(32)20-8-6-10-22(31(35)36)24(20)29-17-13-27(4-2)14-18-29/h5-10H,3-4,11-18H2,1-2H3. The topological polar surface area (TPSA) is 116 Å². The van der Waals surface area contributed by atoms with Crippen LogP contribution in [0.5, 0.6) is 0 Å². The minimum atomic E-state index is -0.462. The van der Waals surface area contributed by atoms with Gasteiger partial charge < -0.3 is 19.6 Å². The van der Waals surface area contributed by atoms with Crippen LogP contribution in [-0.2, 0) is 0 Å². The molecule has 2 saturated heterocycles. The fraction of sp³-hybridized carbons (Fsp3) is 0.480. The Hall–Kier alpha value is -3.57. The molecular weight excluding hydrogens is 464 g/mol. The molecule has 2 fully saturated rings. The number of nitro groups is 2. The summed E-state index contributed by atoms with van der Waals surface area (Å²) in [7, 11) is 0. The molecule has 0 unspecified atom stereocenters. The van der Waals surface area contributed by atoms with Gasteiger partial charge in [-0.2, -0.15) is 0 Å². The van der Waals surface area contributed by atoms with Gasteiger partial charge in [-0.3, -0.25) is 25.0 Å². The molecule has 11 heteroatoms. The van der Waals surface area contributed by atoms with Crippen LogP contribution in [0.15, 0.2) is 36.4 Å². The maximum Gasteiger partial charge on any atom is 0.293 e. The van der Waals surface area contributed by atoms with Gasteiger partial charge in [0.25, 0.3) is 11.4 Å². The molecule has 0 atom stereocenters. The van der Waals surface area contributed by atoms with Crippen LogP contribution < -0.4 is 9.80 Å². The minimum Gasteiger partial charge on any atom is -0.363 e. The first kappa shape index (κ1) is 25.5. The largest absolute Gasteiger partial charge is 0.363 e. The Morgan fingerprint density at radius 2 is 1.06 bits per heavy atom. The van der Waals surface area contributed by atoms with Crippen molar-refractivity contribution in [3.63, 3.8) is 0 Å². The number of rotatable bonds is 8. The molecule has 0 N–H and O–H groups in total.